The maximum Gasteiger partial charge on any atom is 0.326 e. The molecule has 1 saturated heterocycles. The second-order valence-electron chi connectivity index (χ2n) is 8.34. The van der Waals surface area contributed by atoms with Gasteiger partial charge in [-0.3, -0.25) is 0 Å². The van der Waals surface area contributed by atoms with Gasteiger partial charge >= 0.3 is 6.01 Å². The molecule has 5 rings (SSSR count). The lowest BCUT2D eigenvalue weighted by molar-refractivity contribution is 0.374. The maximum absolute atomic E-state index is 13.5. The molecule has 3 aromatic rings. The first-order valence-electron chi connectivity index (χ1n) is 10.7. The van der Waals surface area contributed by atoms with Gasteiger partial charge in [-0.1, -0.05) is 0 Å². The van der Waals surface area contributed by atoms with Crippen molar-refractivity contribution in [3.8, 4) is 11.8 Å². The van der Waals surface area contributed by atoms with Crippen LogP contribution in [0.2, 0.25) is 0 Å². The number of ether oxygens (including phenoxy) is 1. The fourth-order valence-corrected chi connectivity index (χ4v) is 4.69. The van der Waals surface area contributed by atoms with Gasteiger partial charge in [-0.05, 0) is 31.6 Å². The molecule has 3 heterocycles. The molecule has 3 atom stereocenters. The highest BCUT2D eigenvalue weighted by atomic mass is 19.1. The van der Waals surface area contributed by atoms with E-state index in [9.17, 15) is 13.2 Å². The van der Waals surface area contributed by atoms with E-state index in [-0.39, 0.29) is 30.1 Å². The molecule has 11 heteroatoms. The number of hydrogen-bond acceptors (Lipinski definition) is 7. The first-order valence-corrected chi connectivity index (χ1v) is 10.7. The molecule has 0 amide bonds. The van der Waals surface area contributed by atoms with E-state index in [1.165, 1.54) is 0 Å². The Kier molecular flexibility index (Phi) is 5.61. The van der Waals surface area contributed by atoms with Crippen LogP contribution in [-0.4, -0.2) is 43.9 Å². The van der Waals surface area contributed by atoms with E-state index in [0.29, 0.717) is 11.8 Å². The minimum atomic E-state index is -0.794. The van der Waals surface area contributed by atoms with E-state index in [2.05, 4.69) is 30.3 Å². The lowest BCUT2D eigenvalue weighted by Gasteiger charge is -2.38. The molecule has 2 aliphatic rings. The van der Waals surface area contributed by atoms with E-state index >= 15 is 0 Å². The van der Waals surface area contributed by atoms with Crippen LogP contribution in [0.3, 0.4) is 0 Å². The average Bonchev–Trinajstić information content (AvgIpc) is 3.22. The van der Waals surface area contributed by atoms with Gasteiger partial charge in [0, 0.05) is 49.1 Å². The lowest BCUT2D eigenvalue weighted by atomic mass is 9.92. The zero-order valence-electron chi connectivity index (χ0n) is 17.8. The minimum Gasteiger partial charge on any atom is -0.424 e. The third-order valence-electron chi connectivity index (χ3n) is 6.09. The van der Waals surface area contributed by atoms with Crippen LogP contribution in [0.4, 0.5) is 24.9 Å². The first kappa shape index (κ1) is 21.2. The van der Waals surface area contributed by atoms with Crippen molar-refractivity contribution >= 4 is 18.0 Å². The van der Waals surface area contributed by atoms with Crippen LogP contribution in [0.5, 0.6) is 11.8 Å². The molecular formula is C22H22F3N7O. The van der Waals surface area contributed by atoms with Crippen LogP contribution >= 0.6 is 0 Å². The summed E-state index contributed by atoms with van der Waals surface area (Å²) in [6, 6.07) is 4.76. The Balaban J connectivity index is 1.33. The SMILES string of the molecule is Cc1cc(N2C[C@H]3CC[C@@H](C2)[C@@H]3Nc2nc(Oc3cc(F)cc(F)c3)n(C=CF)n2)ncn1. The molecule has 0 unspecified atom stereocenters. The van der Waals surface area contributed by atoms with Crippen LogP contribution < -0.4 is 15.0 Å². The molecular weight excluding hydrogens is 435 g/mol. The van der Waals surface area contributed by atoms with E-state index in [1.807, 2.05) is 13.0 Å². The zero-order chi connectivity index (χ0) is 22.9. The molecule has 172 valence electrons. The van der Waals surface area contributed by atoms with E-state index < -0.39 is 11.6 Å². The van der Waals surface area contributed by atoms with Gasteiger partial charge in [-0.15, -0.1) is 5.10 Å². The Morgan fingerprint density at radius 1 is 1.06 bits per heavy atom. The fraction of sp³-hybridized carbons (Fsp3) is 0.364. The van der Waals surface area contributed by atoms with Crippen molar-refractivity contribution in [2.75, 3.05) is 23.3 Å². The Labute approximate surface area is 188 Å². The highest BCUT2D eigenvalue weighted by Gasteiger charge is 2.43. The van der Waals surface area contributed by atoms with Crippen molar-refractivity contribution in [2.24, 2.45) is 11.8 Å². The molecule has 1 aliphatic heterocycles. The molecule has 1 aliphatic carbocycles. The van der Waals surface area contributed by atoms with Crippen molar-refractivity contribution in [3.63, 3.8) is 0 Å². The van der Waals surface area contributed by atoms with Crippen LogP contribution in [0.15, 0.2) is 36.9 Å². The third-order valence-corrected chi connectivity index (χ3v) is 6.09. The summed E-state index contributed by atoms with van der Waals surface area (Å²) < 4.78 is 46.4. The number of aryl methyl sites for hydroxylation is 1. The number of piperidine rings is 1. The van der Waals surface area contributed by atoms with Gasteiger partial charge in [-0.2, -0.15) is 9.67 Å². The standard InChI is InChI=1S/C22H22F3N7O/c1-13-6-19(27-12-26-13)31-10-14-2-3-15(11-31)20(14)28-21-29-22(32(30-21)5-4-23)33-18-8-16(24)7-17(25)9-18/h4-9,12,14-15,20H,2-3,10-11H2,1H3,(H,28,30)/t14-,15+,20-. The van der Waals surface area contributed by atoms with Crippen molar-refractivity contribution in [3.05, 3.63) is 54.3 Å². The number of nitrogens with zero attached hydrogens (tertiary/aromatic N) is 6. The van der Waals surface area contributed by atoms with E-state index in [4.69, 9.17) is 4.74 Å². The van der Waals surface area contributed by atoms with Gasteiger partial charge in [0.05, 0.1) is 6.20 Å². The average molecular weight is 457 g/mol. The first-order chi connectivity index (χ1) is 16.0. The Morgan fingerprint density at radius 2 is 1.79 bits per heavy atom. The summed E-state index contributed by atoms with van der Waals surface area (Å²) in [5, 5.41) is 7.61. The number of benzene rings is 1. The van der Waals surface area contributed by atoms with Crippen LogP contribution in [-0.2, 0) is 0 Å². The van der Waals surface area contributed by atoms with Gasteiger partial charge in [0.2, 0.25) is 5.95 Å². The number of aromatic nitrogens is 5. The summed E-state index contributed by atoms with van der Waals surface area (Å²) in [6.07, 6.45) is 4.99. The predicted molar refractivity (Wildman–Crippen MR) is 115 cm³/mol. The van der Waals surface area contributed by atoms with Crippen molar-refractivity contribution < 1.29 is 17.9 Å². The largest absolute Gasteiger partial charge is 0.424 e. The van der Waals surface area contributed by atoms with Gasteiger partial charge in [0.25, 0.3) is 0 Å². The van der Waals surface area contributed by atoms with Gasteiger partial charge < -0.3 is 15.0 Å². The van der Waals surface area contributed by atoms with Crippen LogP contribution in [0.1, 0.15) is 18.5 Å². The Hall–Kier alpha value is -3.63. The van der Waals surface area contributed by atoms with Crippen molar-refractivity contribution in [1.29, 1.82) is 0 Å². The predicted octanol–water partition coefficient (Wildman–Crippen LogP) is 4.17. The lowest BCUT2D eigenvalue weighted by Crippen LogP contribution is -2.48. The van der Waals surface area contributed by atoms with E-state index in [0.717, 1.165) is 66.5 Å². The van der Waals surface area contributed by atoms with Gasteiger partial charge in [-0.25, -0.2) is 23.1 Å². The maximum atomic E-state index is 13.5. The molecule has 2 bridgehead atoms. The van der Waals surface area contributed by atoms with Crippen LogP contribution in [0.25, 0.3) is 6.20 Å². The summed E-state index contributed by atoms with van der Waals surface area (Å²) in [5.41, 5.74) is 0.925. The summed E-state index contributed by atoms with van der Waals surface area (Å²) in [7, 11) is 0. The summed E-state index contributed by atoms with van der Waals surface area (Å²) in [6.45, 7) is 3.61. The Morgan fingerprint density at radius 3 is 2.45 bits per heavy atom. The number of hydrogen-bond donors (Lipinski definition) is 1. The number of rotatable bonds is 6. The summed E-state index contributed by atoms with van der Waals surface area (Å²) >= 11 is 0. The minimum absolute atomic E-state index is 0.103. The summed E-state index contributed by atoms with van der Waals surface area (Å²) in [4.78, 5) is 15.1. The molecule has 33 heavy (non-hydrogen) atoms. The second-order valence-corrected chi connectivity index (χ2v) is 8.34. The number of anilines is 2. The third kappa shape index (κ3) is 4.48. The molecule has 1 saturated carbocycles. The summed E-state index contributed by atoms with van der Waals surface area (Å²) in [5.74, 6) is 0.192. The topological polar surface area (TPSA) is 81.0 Å². The molecule has 1 N–H and O–H groups in total. The number of fused-ring (bicyclic) bond motifs is 2. The monoisotopic (exact) mass is 457 g/mol. The normalized spacial score (nSPS) is 22.2. The molecule has 8 nitrogen and oxygen atoms in total. The molecule has 2 aromatic heterocycles. The van der Waals surface area contributed by atoms with Gasteiger partial charge in [0.15, 0.2) is 0 Å². The highest BCUT2D eigenvalue weighted by Crippen LogP contribution is 2.39. The molecule has 0 radical (unpaired) electrons. The zero-order valence-corrected chi connectivity index (χ0v) is 17.8. The fourth-order valence-electron chi connectivity index (χ4n) is 4.69. The Bertz CT molecular complexity index is 1150. The van der Waals surface area contributed by atoms with Gasteiger partial charge in [0.1, 0.15) is 35.9 Å². The van der Waals surface area contributed by atoms with Crippen molar-refractivity contribution in [1.82, 2.24) is 24.7 Å². The van der Waals surface area contributed by atoms with E-state index in [1.54, 1.807) is 6.33 Å². The van der Waals surface area contributed by atoms with Crippen LogP contribution in [0, 0.1) is 30.4 Å². The quantitative estimate of drug-likeness (QED) is 0.595. The molecule has 2 fully saturated rings. The highest BCUT2D eigenvalue weighted by molar-refractivity contribution is 5.42. The number of halogens is 3. The smallest absolute Gasteiger partial charge is 0.326 e. The van der Waals surface area contributed by atoms with Crippen molar-refractivity contribution in [2.45, 2.75) is 25.8 Å². The molecule has 1 aromatic carbocycles. The molecule has 0 spiro atoms. The number of nitrogens with one attached hydrogen (secondary N) is 1. The second kappa shape index (κ2) is 8.72.